The second kappa shape index (κ2) is 8.38. The van der Waals surface area contributed by atoms with Crippen LogP contribution in [0.3, 0.4) is 0 Å². The van der Waals surface area contributed by atoms with E-state index in [9.17, 15) is 14.4 Å². The molecule has 0 aromatic rings. The standard InChI is InChI=1S/C22H26N4O4/c1-3-30-22(29)17-13-16-19(24-18-11-7-8-12-25(18)21(16)28)26(20(17)23-14(2)27)15-9-5-4-6-10-15/h7-8,11-13,15,17-18H,3-6,9-10H2,1-2H3. The van der Waals surface area contributed by atoms with Gasteiger partial charge in [-0.3, -0.25) is 19.3 Å². The van der Waals surface area contributed by atoms with E-state index in [-0.39, 0.29) is 18.6 Å². The van der Waals surface area contributed by atoms with Gasteiger partial charge in [0.15, 0.2) is 0 Å². The van der Waals surface area contributed by atoms with Gasteiger partial charge in [-0.05, 0) is 38.0 Å². The number of amides is 2. The van der Waals surface area contributed by atoms with E-state index in [1.165, 1.54) is 6.92 Å². The molecule has 3 aliphatic heterocycles. The molecular formula is C22H26N4O4. The van der Waals surface area contributed by atoms with Crippen LogP contribution < -0.4 is 0 Å². The highest BCUT2D eigenvalue weighted by atomic mass is 16.5. The van der Waals surface area contributed by atoms with Crippen LogP contribution >= 0.6 is 0 Å². The summed E-state index contributed by atoms with van der Waals surface area (Å²) in [6.07, 6.45) is 13.3. The Hall–Kier alpha value is -3.03. The Morgan fingerprint density at radius 2 is 2.00 bits per heavy atom. The average molecular weight is 410 g/mol. The number of hydrogen-bond acceptors (Lipinski definition) is 5. The van der Waals surface area contributed by atoms with Gasteiger partial charge in [-0.25, -0.2) is 4.99 Å². The van der Waals surface area contributed by atoms with Crippen molar-refractivity contribution in [3.63, 3.8) is 0 Å². The van der Waals surface area contributed by atoms with Crippen molar-refractivity contribution in [3.8, 4) is 0 Å². The molecule has 4 aliphatic rings. The van der Waals surface area contributed by atoms with Crippen molar-refractivity contribution in [3.05, 3.63) is 36.1 Å². The highest BCUT2D eigenvalue weighted by molar-refractivity contribution is 6.30. The van der Waals surface area contributed by atoms with Gasteiger partial charge in [0.2, 0.25) is 5.91 Å². The van der Waals surface area contributed by atoms with E-state index < -0.39 is 24.0 Å². The molecule has 1 aliphatic carbocycles. The normalized spacial score (nSPS) is 27.4. The molecule has 158 valence electrons. The summed E-state index contributed by atoms with van der Waals surface area (Å²) in [5.41, 5.74) is 0.359. The number of rotatable bonds is 3. The molecule has 2 unspecified atom stereocenters. The van der Waals surface area contributed by atoms with Crippen molar-refractivity contribution < 1.29 is 19.1 Å². The van der Waals surface area contributed by atoms with Crippen LogP contribution in [0.4, 0.5) is 0 Å². The van der Waals surface area contributed by atoms with Crippen LogP contribution in [0, 0.1) is 5.92 Å². The first-order valence-electron chi connectivity index (χ1n) is 10.5. The summed E-state index contributed by atoms with van der Waals surface area (Å²) in [6, 6.07) is 0.0266. The van der Waals surface area contributed by atoms with Gasteiger partial charge >= 0.3 is 5.97 Å². The molecule has 0 bridgehead atoms. The average Bonchev–Trinajstić information content (AvgIpc) is 2.74. The quantitative estimate of drug-likeness (QED) is 0.666. The second-order valence-corrected chi connectivity index (χ2v) is 7.77. The molecule has 8 heteroatoms. The fraction of sp³-hybridized carbons (Fsp3) is 0.500. The lowest BCUT2D eigenvalue weighted by Crippen LogP contribution is -2.57. The lowest BCUT2D eigenvalue weighted by Gasteiger charge is -2.44. The summed E-state index contributed by atoms with van der Waals surface area (Å²) in [5, 5.41) is 0. The van der Waals surface area contributed by atoms with Gasteiger partial charge in [-0.2, -0.15) is 4.99 Å². The lowest BCUT2D eigenvalue weighted by atomic mass is 9.88. The first-order chi connectivity index (χ1) is 14.5. The third kappa shape index (κ3) is 3.62. The summed E-state index contributed by atoms with van der Waals surface area (Å²) in [6.45, 7) is 3.28. The van der Waals surface area contributed by atoms with Crippen LogP contribution in [0.2, 0.25) is 0 Å². The van der Waals surface area contributed by atoms with Crippen LogP contribution in [-0.2, 0) is 19.1 Å². The molecule has 30 heavy (non-hydrogen) atoms. The first kappa shape index (κ1) is 20.3. The van der Waals surface area contributed by atoms with E-state index in [0.29, 0.717) is 17.2 Å². The number of ether oxygens (including phenoxy) is 1. The van der Waals surface area contributed by atoms with Crippen molar-refractivity contribution in [1.29, 1.82) is 0 Å². The van der Waals surface area contributed by atoms with Gasteiger partial charge in [-0.1, -0.05) is 25.3 Å². The molecule has 0 N–H and O–H groups in total. The van der Waals surface area contributed by atoms with Crippen LogP contribution in [0.25, 0.3) is 0 Å². The van der Waals surface area contributed by atoms with Crippen LogP contribution in [0.5, 0.6) is 0 Å². The van der Waals surface area contributed by atoms with Crippen molar-refractivity contribution in [2.24, 2.45) is 15.9 Å². The van der Waals surface area contributed by atoms with Crippen LogP contribution in [0.1, 0.15) is 46.0 Å². The number of fused-ring (bicyclic) bond motifs is 2. The fourth-order valence-corrected chi connectivity index (χ4v) is 4.44. The smallest absolute Gasteiger partial charge is 0.320 e. The topological polar surface area (TPSA) is 91.6 Å². The molecule has 0 aromatic heterocycles. The molecule has 1 saturated carbocycles. The molecule has 2 atom stereocenters. The Morgan fingerprint density at radius 3 is 2.70 bits per heavy atom. The third-order valence-electron chi connectivity index (χ3n) is 5.73. The van der Waals surface area contributed by atoms with Crippen molar-refractivity contribution in [2.45, 2.75) is 58.2 Å². The lowest BCUT2D eigenvalue weighted by molar-refractivity contribution is -0.144. The van der Waals surface area contributed by atoms with Gasteiger partial charge in [0.1, 0.15) is 23.8 Å². The zero-order valence-electron chi connectivity index (χ0n) is 17.3. The Balaban J connectivity index is 1.88. The molecule has 0 radical (unpaired) electrons. The monoisotopic (exact) mass is 410 g/mol. The summed E-state index contributed by atoms with van der Waals surface area (Å²) in [7, 11) is 0. The number of allylic oxidation sites excluding steroid dienone is 2. The Labute approximate surface area is 175 Å². The molecule has 2 amide bonds. The summed E-state index contributed by atoms with van der Waals surface area (Å²) < 4.78 is 5.26. The maximum Gasteiger partial charge on any atom is 0.320 e. The first-order valence-corrected chi connectivity index (χ1v) is 10.5. The predicted octanol–water partition coefficient (Wildman–Crippen LogP) is 2.34. The van der Waals surface area contributed by atoms with E-state index in [2.05, 4.69) is 4.99 Å². The number of aliphatic imine (C=N–C) groups is 2. The minimum absolute atomic E-state index is 0.0266. The van der Waals surface area contributed by atoms with Gasteiger partial charge in [0.25, 0.3) is 5.91 Å². The number of nitrogens with zero attached hydrogens (tertiary/aromatic N) is 4. The van der Waals surface area contributed by atoms with E-state index in [1.54, 1.807) is 30.2 Å². The predicted molar refractivity (Wildman–Crippen MR) is 111 cm³/mol. The minimum atomic E-state index is -0.922. The number of carbonyl (C=O) groups excluding carboxylic acids is 3. The molecule has 1 fully saturated rings. The highest BCUT2D eigenvalue weighted by Gasteiger charge is 2.46. The second-order valence-electron chi connectivity index (χ2n) is 7.77. The fourth-order valence-electron chi connectivity index (χ4n) is 4.44. The van der Waals surface area contributed by atoms with Crippen LogP contribution in [0.15, 0.2) is 46.1 Å². The highest BCUT2D eigenvalue weighted by Crippen LogP contribution is 2.34. The largest absolute Gasteiger partial charge is 0.465 e. The van der Waals surface area contributed by atoms with Crippen LogP contribution in [-0.4, -0.2) is 58.1 Å². The van der Waals surface area contributed by atoms with Gasteiger partial charge in [-0.15, -0.1) is 0 Å². The van der Waals surface area contributed by atoms with Crippen molar-refractivity contribution in [1.82, 2.24) is 9.80 Å². The molecule has 0 aromatic carbocycles. The number of amidine groups is 2. The third-order valence-corrected chi connectivity index (χ3v) is 5.73. The van der Waals surface area contributed by atoms with Gasteiger partial charge in [0.05, 0.1) is 12.2 Å². The molecule has 0 saturated heterocycles. The number of esters is 1. The molecule has 8 nitrogen and oxygen atoms in total. The molecule has 0 spiro atoms. The number of carbonyl (C=O) groups is 3. The Morgan fingerprint density at radius 1 is 1.23 bits per heavy atom. The van der Waals surface area contributed by atoms with E-state index in [4.69, 9.17) is 9.73 Å². The minimum Gasteiger partial charge on any atom is -0.465 e. The summed E-state index contributed by atoms with van der Waals surface area (Å²) >= 11 is 0. The zero-order valence-corrected chi connectivity index (χ0v) is 17.3. The molecule has 3 heterocycles. The zero-order chi connectivity index (χ0) is 21.3. The molecule has 4 rings (SSSR count). The van der Waals surface area contributed by atoms with Crippen molar-refractivity contribution in [2.75, 3.05) is 6.61 Å². The van der Waals surface area contributed by atoms with Gasteiger partial charge < -0.3 is 9.64 Å². The van der Waals surface area contributed by atoms with Gasteiger partial charge in [0, 0.05) is 19.2 Å². The maximum atomic E-state index is 13.3. The SMILES string of the molecule is CCOC(=O)C1C=C2C(=O)N3C=CC=CC3N=C2N(C2CCCCC2)C1=NC(C)=O. The Kier molecular flexibility index (Phi) is 5.65. The summed E-state index contributed by atoms with van der Waals surface area (Å²) in [5.74, 6) is -1.26. The maximum absolute atomic E-state index is 13.3. The van der Waals surface area contributed by atoms with Crippen molar-refractivity contribution >= 4 is 29.5 Å². The summed E-state index contributed by atoms with van der Waals surface area (Å²) in [4.78, 5) is 50.6. The van der Waals surface area contributed by atoms with E-state index >= 15 is 0 Å². The Bertz CT molecular complexity index is 908. The van der Waals surface area contributed by atoms with E-state index in [1.807, 2.05) is 17.1 Å². The molecular weight excluding hydrogens is 384 g/mol. The number of hydrogen-bond donors (Lipinski definition) is 0. The van der Waals surface area contributed by atoms with E-state index in [0.717, 1.165) is 32.1 Å².